The molecule has 0 saturated heterocycles. The van der Waals surface area contributed by atoms with E-state index < -0.39 is 13.4 Å². The maximum atomic E-state index is 12.6. The molecule has 17 heavy (non-hydrogen) atoms. The molecule has 0 amide bonds. The van der Waals surface area contributed by atoms with Crippen LogP contribution in [-0.4, -0.2) is 26.2 Å². The fraction of sp³-hybridized carbons (Fsp3) is 0.333. The van der Waals surface area contributed by atoms with Crippen LogP contribution in [0, 0.1) is 0 Å². The summed E-state index contributed by atoms with van der Waals surface area (Å²) in [5.74, 6) is -0.390. The quantitative estimate of drug-likeness (QED) is 0.776. The average Bonchev–Trinajstić information content (AvgIpc) is 2.38. The molecule has 1 atom stereocenters. The van der Waals surface area contributed by atoms with Crippen molar-refractivity contribution in [2.75, 3.05) is 21.3 Å². The molecule has 5 heteroatoms. The lowest BCUT2D eigenvalue weighted by Gasteiger charge is -2.34. The van der Waals surface area contributed by atoms with E-state index in [1.807, 2.05) is 48.5 Å². The van der Waals surface area contributed by atoms with E-state index in [4.69, 9.17) is 9.05 Å². The number of benzene rings is 1. The van der Waals surface area contributed by atoms with Gasteiger partial charge in [0.1, 0.15) is 0 Å². The minimum absolute atomic E-state index is 0.390. The lowest BCUT2D eigenvalue weighted by atomic mass is 10.0. The van der Waals surface area contributed by atoms with Crippen LogP contribution in [0.15, 0.2) is 30.5 Å². The van der Waals surface area contributed by atoms with Gasteiger partial charge in [-0.25, -0.2) is 0 Å². The van der Waals surface area contributed by atoms with Crippen LogP contribution in [0.3, 0.4) is 0 Å². The molecule has 0 radical (unpaired) electrons. The van der Waals surface area contributed by atoms with Gasteiger partial charge in [0.25, 0.3) is 0 Å². The van der Waals surface area contributed by atoms with E-state index >= 15 is 0 Å². The van der Waals surface area contributed by atoms with Crippen LogP contribution in [0.4, 0.5) is 0 Å². The summed E-state index contributed by atoms with van der Waals surface area (Å²) >= 11 is 0. The fourth-order valence-electron chi connectivity index (χ4n) is 2.06. The highest BCUT2D eigenvalue weighted by molar-refractivity contribution is 7.54. The van der Waals surface area contributed by atoms with Crippen molar-refractivity contribution in [2.24, 2.45) is 0 Å². The molecule has 0 aromatic heterocycles. The van der Waals surface area contributed by atoms with Gasteiger partial charge < -0.3 is 13.9 Å². The maximum absolute atomic E-state index is 12.6. The Kier molecular flexibility index (Phi) is 3.38. The second-order valence-electron chi connectivity index (χ2n) is 3.89. The zero-order chi connectivity index (χ0) is 12.5. The molecule has 1 aromatic rings. The Bertz CT molecular complexity index is 478. The van der Waals surface area contributed by atoms with Gasteiger partial charge in [-0.1, -0.05) is 24.3 Å². The topological polar surface area (TPSA) is 38.8 Å². The summed E-state index contributed by atoms with van der Waals surface area (Å²) in [6.45, 7) is 0. The van der Waals surface area contributed by atoms with Crippen LogP contribution in [0.2, 0.25) is 0 Å². The number of fused-ring (bicyclic) bond motifs is 1. The van der Waals surface area contributed by atoms with Crippen LogP contribution in [0.1, 0.15) is 16.9 Å². The second kappa shape index (κ2) is 4.65. The zero-order valence-electron chi connectivity index (χ0n) is 10.2. The number of rotatable bonds is 3. The van der Waals surface area contributed by atoms with Gasteiger partial charge in [-0.15, -0.1) is 0 Å². The minimum Gasteiger partial charge on any atom is -0.363 e. The van der Waals surface area contributed by atoms with E-state index in [9.17, 15) is 4.57 Å². The molecular formula is C12H16NO3P. The van der Waals surface area contributed by atoms with Gasteiger partial charge in [0, 0.05) is 27.5 Å². The zero-order valence-corrected chi connectivity index (χ0v) is 11.1. The molecule has 92 valence electrons. The molecule has 2 rings (SSSR count). The SMILES string of the molecule is COP(=O)(OC)C1c2ccccc2C=CN1C. The van der Waals surface area contributed by atoms with Gasteiger partial charge in [-0.3, -0.25) is 4.57 Å². The Balaban J connectivity index is 2.54. The molecule has 0 bridgehead atoms. The van der Waals surface area contributed by atoms with Crippen molar-refractivity contribution in [3.05, 3.63) is 41.6 Å². The number of nitrogens with zero attached hydrogens (tertiary/aromatic N) is 1. The first-order valence-corrected chi connectivity index (χ1v) is 6.94. The van der Waals surface area contributed by atoms with E-state index in [1.165, 1.54) is 14.2 Å². The molecule has 1 unspecified atom stereocenters. The smallest absolute Gasteiger partial charge is 0.356 e. The summed E-state index contributed by atoms with van der Waals surface area (Å²) in [4.78, 5) is 1.86. The summed E-state index contributed by atoms with van der Waals surface area (Å²) < 4.78 is 22.8. The van der Waals surface area contributed by atoms with Crippen molar-refractivity contribution in [3.8, 4) is 0 Å². The minimum atomic E-state index is -3.17. The lowest BCUT2D eigenvalue weighted by Crippen LogP contribution is -2.23. The highest BCUT2D eigenvalue weighted by atomic mass is 31.2. The Hall–Kier alpha value is -1.09. The van der Waals surface area contributed by atoms with E-state index in [1.54, 1.807) is 0 Å². The Morgan fingerprint density at radius 2 is 1.88 bits per heavy atom. The highest BCUT2D eigenvalue weighted by Crippen LogP contribution is 2.62. The van der Waals surface area contributed by atoms with Crippen molar-refractivity contribution in [1.82, 2.24) is 4.90 Å². The summed E-state index contributed by atoms with van der Waals surface area (Å²) in [6.07, 6.45) is 3.87. The summed E-state index contributed by atoms with van der Waals surface area (Å²) in [6, 6.07) is 7.82. The van der Waals surface area contributed by atoms with Crippen molar-refractivity contribution < 1.29 is 13.6 Å². The van der Waals surface area contributed by atoms with E-state index in [-0.39, 0.29) is 0 Å². The number of hydrogen-bond donors (Lipinski definition) is 0. The maximum Gasteiger partial charge on any atom is 0.356 e. The van der Waals surface area contributed by atoms with Crippen molar-refractivity contribution in [3.63, 3.8) is 0 Å². The van der Waals surface area contributed by atoms with E-state index in [0.717, 1.165) is 11.1 Å². The molecular weight excluding hydrogens is 237 g/mol. The first-order valence-electron chi connectivity index (χ1n) is 5.32. The molecule has 0 aliphatic carbocycles. The Morgan fingerprint density at radius 1 is 1.24 bits per heavy atom. The van der Waals surface area contributed by atoms with Gasteiger partial charge in [-0.2, -0.15) is 0 Å². The Morgan fingerprint density at radius 3 is 2.53 bits per heavy atom. The lowest BCUT2D eigenvalue weighted by molar-refractivity contribution is 0.236. The fourth-order valence-corrected chi connectivity index (χ4v) is 3.71. The number of hydrogen-bond acceptors (Lipinski definition) is 4. The molecule has 1 aliphatic rings. The Labute approximate surface area is 101 Å². The van der Waals surface area contributed by atoms with Crippen LogP contribution >= 0.6 is 7.60 Å². The van der Waals surface area contributed by atoms with Gasteiger partial charge in [0.2, 0.25) is 0 Å². The highest BCUT2D eigenvalue weighted by Gasteiger charge is 2.39. The van der Waals surface area contributed by atoms with Crippen LogP contribution in [0.5, 0.6) is 0 Å². The van der Waals surface area contributed by atoms with Gasteiger partial charge in [-0.05, 0) is 17.2 Å². The summed E-state index contributed by atoms with van der Waals surface area (Å²) in [5.41, 5.74) is 2.01. The first-order chi connectivity index (χ1) is 8.12. The summed E-state index contributed by atoms with van der Waals surface area (Å²) in [7, 11) is 1.52. The standard InChI is InChI=1S/C12H16NO3P/c1-13-9-8-10-6-4-5-7-11(10)12(13)17(14,15-2)16-3/h4-9,12H,1-3H3. The second-order valence-corrected chi connectivity index (χ2v) is 6.19. The third-order valence-corrected chi connectivity index (χ3v) is 5.22. The molecule has 0 spiro atoms. The van der Waals surface area contributed by atoms with E-state index in [0.29, 0.717) is 0 Å². The third kappa shape index (κ3) is 2.04. The van der Waals surface area contributed by atoms with Crippen molar-refractivity contribution >= 4 is 13.7 Å². The monoisotopic (exact) mass is 253 g/mol. The van der Waals surface area contributed by atoms with Crippen molar-refractivity contribution in [1.29, 1.82) is 0 Å². The van der Waals surface area contributed by atoms with Crippen LogP contribution in [-0.2, 0) is 13.6 Å². The van der Waals surface area contributed by atoms with E-state index in [2.05, 4.69) is 0 Å². The molecule has 1 aromatic carbocycles. The van der Waals surface area contributed by atoms with Gasteiger partial charge >= 0.3 is 7.60 Å². The largest absolute Gasteiger partial charge is 0.363 e. The first kappa shape index (κ1) is 12.4. The summed E-state index contributed by atoms with van der Waals surface area (Å²) in [5, 5.41) is 0. The van der Waals surface area contributed by atoms with Crippen LogP contribution < -0.4 is 0 Å². The van der Waals surface area contributed by atoms with Gasteiger partial charge in [0.05, 0.1) is 0 Å². The molecule has 1 heterocycles. The third-order valence-electron chi connectivity index (χ3n) is 2.96. The molecule has 1 aliphatic heterocycles. The average molecular weight is 253 g/mol. The molecule has 0 fully saturated rings. The van der Waals surface area contributed by atoms with Crippen molar-refractivity contribution in [2.45, 2.75) is 5.78 Å². The predicted octanol–water partition coefficient (Wildman–Crippen LogP) is 3.09. The predicted molar refractivity (Wildman–Crippen MR) is 67.6 cm³/mol. The normalized spacial score (nSPS) is 19.2. The van der Waals surface area contributed by atoms with Gasteiger partial charge in [0.15, 0.2) is 5.78 Å². The molecule has 0 saturated carbocycles. The van der Waals surface area contributed by atoms with Crippen LogP contribution in [0.25, 0.3) is 6.08 Å². The molecule has 0 N–H and O–H groups in total. The molecule has 4 nitrogen and oxygen atoms in total.